The Balaban J connectivity index is 3.34. The summed E-state index contributed by atoms with van der Waals surface area (Å²) in [7, 11) is 0. The van der Waals surface area contributed by atoms with E-state index in [1.54, 1.807) is 0 Å². The molecule has 0 saturated heterocycles. The van der Waals surface area contributed by atoms with Crippen molar-refractivity contribution in [3.05, 3.63) is 12.2 Å². The van der Waals surface area contributed by atoms with Crippen LogP contribution in [0.4, 0.5) is 0 Å². The topological polar surface area (TPSA) is 12.4 Å². The SMILES string of the molecule is C/C=C/C=N/C(C)C. The van der Waals surface area contributed by atoms with Crippen LogP contribution in [0.5, 0.6) is 0 Å². The van der Waals surface area contributed by atoms with E-state index in [0.29, 0.717) is 6.04 Å². The molecule has 0 N–H and O–H groups in total. The monoisotopic (exact) mass is 111 g/mol. The third kappa shape index (κ3) is 5.41. The summed E-state index contributed by atoms with van der Waals surface area (Å²) < 4.78 is 0. The summed E-state index contributed by atoms with van der Waals surface area (Å²) >= 11 is 0. The highest BCUT2D eigenvalue weighted by atomic mass is 14.7. The van der Waals surface area contributed by atoms with Gasteiger partial charge in [0.1, 0.15) is 0 Å². The molecule has 0 radical (unpaired) electrons. The molecular weight excluding hydrogens is 98.1 g/mol. The van der Waals surface area contributed by atoms with Gasteiger partial charge in [-0.1, -0.05) is 6.08 Å². The fourth-order valence-corrected chi connectivity index (χ4v) is 0.308. The van der Waals surface area contributed by atoms with Gasteiger partial charge in [-0.2, -0.15) is 0 Å². The molecule has 1 nitrogen and oxygen atoms in total. The van der Waals surface area contributed by atoms with E-state index in [1.807, 2.05) is 25.3 Å². The molecule has 0 atom stereocenters. The smallest absolute Gasteiger partial charge is 0.0443 e. The lowest BCUT2D eigenvalue weighted by atomic mass is 10.4. The van der Waals surface area contributed by atoms with Gasteiger partial charge in [0.25, 0.3) is 0 Å². The van der Waals surface area contributed by atoms with Crippen LogP contribution in [0.25, 0.3) is 0 Å². The fourth-order valence-electron chi connectivity index (χ4n) is 0.308. The molecule has 0 spiro atoms. The molecule has 0 aromatic rings. The van der Waals surface area contributed by atoms with Gasteiger partial charge in [0.05, 0.1) is 0 Å². The maximum Gasteiger partial charge on any atom is 0.0443 e. The molecule has 1 heteroatoms. The number of allylic oxidation sites excluding steroid dienone is 2. The molecule has 0 aliphatic carbocycles. The van der Waals surface area contributed by atoms with Crippen LogP contribution in [0.2, 0.25) is 0 Å². The number of hydrogen-bond donors (Lipinski definition) is 0. The van der Waals surface area contributed by atoms with Crippen molar-refractivity contribution in [2.24, 2.45) is 4.99 Å². The zero-order valence-electron chi connectivity index (χ0n) is 5.76. The van der Waals surface area contributed by atoms with Gasteiger partial charge in [-0.05, 0) is 26.8 Å². The van der Waals surface area contributed by atoms with Gasteiger partial charge >= 0.3 is 0 Å². The molecule has 0 aromatic carbocycles. The summed E-state index contributed by atoms with van der Waals surface area (Å²) in [5, 5.41) is 0. The first-order valence-corrected chi connectivity index (χ1v) is 2.92. The first kappa shape index (κ1) is 7.41. The van der Waals surface area contributed by atoms with E-state index in [2.05, 4.69) is 18.8 Å². The molecule has 0 bridgehead atoms. The van der Waals surface area contributed by atoms with E-state index >= 15 is 0 Å². The Labute approximate surface area is 51.1 Å². The molecule has 0 aliphatic rings. The quantitative estimate of drug-likeness (QED) is 0.483. The van der Waals surface area contributed by atoms with Crippen LogP contribution in [-0.2, 0) is 0 Å². The van der Waals surface area contributed by atoms with Gasteiger partial charge in [0.2, 0.25) is 0 Å². The minimum Gasteiger partial charge on any atom is -0.290 e. The minimum atomic E-state index is 0.422. The minimum absolute atomic E-state index is 0.422. The molecule has 0 heterocycles. The van der Waals surface area contributed by atoms with Gasteiger partial charge in [-0.15, -0.1) is 0 Å². The maximum absolute atomic E-state index is 4.10. The van der Waals surface area contributed by atoms with E-state index in [-0.39, 0.29) is 0 Å². The Morgan fingerprint density at radius 1 is 1.38 bits per heavy atom. The average molecular weight is 111 g/mol. The third-order valence-corrected chi connectivity index (χ3v) is 0.663. The molecule has 0 unspecified atom stereocenters. The predicted octanol–water partition coefficient (Wildman–Crippen LogP) is 2.04. The van der Waals surface area contributed by atoms with E-state index in [4.69, 9.17) is 0 Å². The van der Waals surface area contributed by atoms with Gasteiger partial charge in [0.15, 0.2) is 0 Å². The first-order chi connectivity index (χ1) is 3.77. The number of hydrogen-bond acceptors (Lipinski definition) is 1. The Hall–Kier alpha value is -0.590. The highest BCUT2D eigenvalue weighted by molar-refractivity contribution is 5.70. The Morgan fingerprint density at radius 3 is 2.38 bits per heavy atom. The molecule has 0 rings (SSSR count). The van der Waals surface area contributed by atoms with Crippen molar-refractivity contribution in [2.75, 3.05) is 0 Å². The van der Waals surface area contributed by atoms with Crippen LogP contribution >= 0.6 is 0 Å². The maximum atomic E-state index is 4.10. The summed E-state index contributed by atoms with van der Waals surface area (Å²) in [5.41, 5.74) is 0. The molecule has 0 amide bonds. The summed E-state index contributed by atoms with van der Waals surface area (Å²) in [4.78, 5) is 4.10. The standard InChI is InChI=1S/C7H13N/c1-4-5-6-8-7(2)3/h4-7H,1-3H3/b5-4+,8-6+. The number of aliphatic imine (C=N–C) groups is 1. The highest BCUT2D eigenvalue weighted by Gasteiger charge is 1.78. The first-order valence-electron chi connectivity index (χ1n) is 2.92. The van der Waals surface area contributed by atoms with Gasteiger partial charge in [0, 0.05) is 12.3 Å². The second-order valence-corrected chi connectivity index (χ2v) is 1.92. The fraction of sp³-hybridized carbons (Fsp3) is 0.571. The van der Waals surface area contributed by atoms with Crippen molar-refractivity contribution in [3.63, 3.8) is 0 Å². The summed E-state index contributed by atoms with van der Waals surface area (Å²) in [5.74, 6) is 0. The Morgan fingerprint density at radius 2 is 2.00 bits per heavy atom. The molecule has 46 valence electrons. The van der Waals surface area contributed by atoms with Crippen molar-refractivity contribution in [2.45, 2.75) is 26.8 Å². The van der Waals surface area contributed by atoms with Gasteiger partial charge < -0.3 is 0 Å². The van der Waals surface area contributed by atoms with E-state index in [0.717, 1.165) is 0 Å². The van der Waals surface area contributed by atoms with Crippen LogP contribution in [0, 0.1) is 0 Å². The lowest BCUT2D eigenvalue weighted by Crippen LogP contribution is -1.86. The molecule has 0 fully saturated rings. The normalized spacial score (nSPS) is 12.5. The highest BCUT2D eigenvalue weighted by Crippen LogP contribution is 1.81. The number of nitrogens with zero attached hydrogens (tertiary/aromatic N) is 1. The van der Waals surface area contributed by atoms with Crippen LogP contribution in [0.3, 0.4) is 0 Å². The van der Waals surface area contributed by atoms with Crippen molar-refractivity contribution in [1.29, 1.82) is 0 Å². The molecule has 0 saturated carbocycles. The largest absolute Gasteiger partial charge is 0.290 e. The Bertz CT molecular complexity index is 90.6. The second kappa shape index (κ2) is 4.57. The molecular formula is C7H13N. The average Bonchev–Trinajstić information content (AvgIpc) is 1.66. The predicted molar refractivity (Wildman–Crippen MR) is 38.4 cm³/mol. The van der Waals surface area contributed by atoms with Gasteiger partial charge in [-0.25, -0.2) is 0 Å². The summed E-state index contributed by atoms with van der Waals surface area (Å²) in [6.45, 7) is 6.09. The van der Waals surface area contributed by atoms with E-state index in [1.165, 1.54) is 0 Å². The van der Waals surface area contributed by atoms with Crippen LogP contribution in [-0.4, -0.2) is 12.3 Å². The summed E-state index contributed by atoms with van der Waals surface area (Å²) in [6, 6.07) is 0.422. The lowest BCUT2D eigenvalue weighted by Gasteiger charge is -1.88. The zero-order valence-corrected chi connectivity index (χ0v) is 5.76. The Kier molecular flexibility index (Phi) is 4.23. The van der Waals surface area contributed by atoms with Crippen molar-refractivity contribution >= 4 is 6.21 Å². The van der Waals surface area contributed by atoms with Crippen molar-refractivity contribution in [3.8, 4) is 0 Å². The number of rotatable bonds is 2. The van der Waals surface area contributed by atoms with Crippen LogP contribution < -0.4 is 0 Å². The van der Waals surface area contributed by atoms with E-state index < -0.39 is 0 Å². The van der Waals surface area contributed by atoms with E-state index in [9.17, 15) is 0 Å². The van der Waals surface area contributed by atoms with Crippen LogP contribution in [0.15, 0.2) is 17.1 Å². The summed E-state index contributed by atoms with van der Waals surface area (Å²) in [6.07, 6.45) is 5.72. The van der Waals surface area contributed by atoms with Gasteiger partial charge in [-0.3, -0.25) is 4.99 Å². The van der Waals surface area contributed by atoms with Crippen molar-refractivity contribution < 1.29 is 0 Å². The second-order valence-electron chi connectivity index (χ2n) is 1.92. The van der Waals surface area contributed by atoms with Crippen molar-refractivity contribution in [1.82, 2.24) is 0 Å². The molecule has 0 aromatic heterocycles. The third-order valence-electron chi connectivity index (χ3n) is 0.663. The van der Waals surface area contributed by atoms with Crippen LogP contribution in [0.1, 0.15) is 20.8 Å². The zero-order chi connectivity index (χ0) is 6.41. The molecule has 8 heavy (non-hydrogen) atoms. The molecule has 0 aliphatic heterocycles. The lowest BCUT2D eigenvalue weighted by molar-refractivity contribution is 0.842.